The van der Waals surface area contributed by atoms with Gasteiger partial charge in [0, 0.05) is 17.4 Å². The van der Waals surface area contributed by atoms with Crippen molar-refractivity contribution in [2.24, 2.45) is 0 Å². The third kappa shape index (κ3) is 4.53. The van der Waals surface area contributed by atoms with E-state index in [9.17, 15) is 4.79 Å². The number of rotatable bonds is 6. The first-order chi connectivity index (χ1) is 10.1. The molecule has 0 bridgehead atoms. The number of benzene rings is 1. The molecule has 0 saturated carbocycles. The molecular weight excluding hydrogens is 288 g/mol. The summed E-state index contributed by atoms with van der Waals surface area (Å²) in [6, 6.07) is 7.72. The fourth-order valence-corrected chi connectivity index (χ4v) is 2.68. The number of thioether (sulfide) groups is 1. The summed E-state index contributed by atoms with van der Waals surface area (Å²) >= 11 is 1.53. The number of carbonyl (C=O) groups is 1. The van der Waals surface area contributed by atoms with Gasteiger partial charge in [0.15, 0.2) is 5.82 Å². The van der Waals surface area contributed by atoms with Crippen LogP contribution in [0.25, 0.3) is 0 Å². The number of hydrogen-bond donors (Lipinski definition) is 1. The molecule has 1 aromatic carbocycles. The smallest absolute Gasteiger partial charge is 0.235 e. The molecule has 6 heteroatoms. The first-order valence-electron chi connectivity index (χ1n) is 6.53. The minimum Gasteiger partial charge on any atom is -0.496 e. The standard InChI is InChI=1S/C15H18N2O3S/c1-10-4-5-13(19-3)12(6-10)8-21-9-15(18)16-14-7-11(2)20-17-14/h4-7H,8-9H2,1-3H3,(H,16,17,18). The van der Waals surface area contributed by atoms with Crippen LogP contribution in [0.15, 0.2) is 28.8 Å². The maximum atomic E-state index is 11.8. The molecule has 1 heterocycles. The molecule has 1 amide bonds. The van der Waals surface area contributed by atoms with Gasteiger partial charge in [-0.15, -0.1) is 11.8 Å². The number of hydrogen-bond acceptors (Lipinski definition) is 5. The number of anilines is 1. The zero-order valence-corrected chi connectivity index (χ0v) is 13.1. The van der Waals surface area contributed by atoms with Gasteiger partial charge in [0.2, 0.25) is 5.91 Å². The highest BCUT2D eigenvalue weighted by Gasteiger charge is 2.08. The molecule has 0 aliphatic carbocycles. The number of carbonyl (C=O) groups excluding carboxylic acids is 1. The molecule has 0 radical (unpaired) electrons. The van der Waals surface area contributed by atoms with E-state index in [1.807, 2.05) is 19.1 Å². The monoisotopic (exact) mass is 306 g/mol. The molecule has 0 saturated heterocycles. The van der Waals surface area contributed by atoms with Crippen molar-refractivity contribution < 1.29 is 14.1 Å². The van der Waals surface area contributed by atoms with E-state index in [2.05, 4.69) is 16.5 Å². The number of nitrogens with zero attached hydrogens (tertiary/aromatic N) is 1. The van der Waals surface area contributed by atoms with Crippen molar-refractivity contribution in [3.8, 4) is 5.75 Å². The highest BCUT2D eigenvalue weighted by atomic mass is 32.2. The fourth-order valence-electron chi connectivity index (χ4n) is 1.88. The molecule has 112 valence electrons. The van der Waals surface area contributed by atoms with Crippen molar-refractivity contribution in [3.63, 3.8) is 0 Å². The molecule has 0 aliphatic rings. The predicted molar refractivity (Wildman–Crippen MR) is 83.8 cm³/mol. The lowest BCUT2D eigenvalue weighted by Gasteiger charge is -2.09. The van der Waals surface area contributed by atoms with Crippen LogP contribution in [-0.4, -0.2) is 23.9 Å². The number of methoxy groups -OCH3 is 1. The molecule has 0 unspecified atom stereocenters. The van der Waals surface area contributed by atoms with Gasteiger partial charge in [-0.3, -0.25) is 4.79 Å². The molecule has 2 rings (SSSR count). The third-order valence-corrected chi connectivity index (χ3v) is 3.80. The second-order valence-electron chi connectivity index (χ2n) is 4.68. The van der Waals surface area contributed by atoms with Gasteiger partial charge in [-0.2, -0.15) is 0 Å². The molecule has 0 atom stereocenters. The average Bonchev–Trinajstić information content (AvgIpc) is 2.84. The van der Waals surface area contributed by atoms with Gasteiger partial charge >= 0.3 is 0 Å². The van der Waals surface area contributed by atoms with Crippen molar-refractivity contribution in [2.45, 2.75) is 19.6 Å². The van der Waals surface area contributed by atoms with Crippen molar-refractivity contribution in [1.82, 2.24) is 5.16 Å². The fraction of sp³-hybridized carbons (Fsp3) is 0.333. The minimum atomic E-state index is -0.0973. The van der Waals surface area contributed by atoms with Crippen LogP contribution in [0, 0.1) is 13.8 Å². The van der Waals surface area contributed by atoms with Gasteiger partial charge in [-0.1, -0.05) is 22.9 Å². The highest BCUT2D eigenvalue weighted by molar-refractivity contribution is 7.99. The SMILES string of the molecule is COc1ccc(C)cc1CSCC(=O)Nc1cc(C)on1. The molecular formula is C15H18N2O3S. The van der Waals surface area contributed by atoms with Gasteiger partial charge in [0.1, 0.15) is 11.5 Å². The van der Waals surface area contributed by atoms with Crippen LogP contribution in [0.5, 0.6) is 5.75 Å². The van der Waals surface area contributed by atoms with Gasteiger partial charge in [-0.05, 0) is 19.9 Å². The van der Waals surface area contributed by atoms with Crippen LogP contribution in [0.1, 0.15) is 16.9 Å². The molecule has 5 nitrogen and oxygen atoms in total. The van der Waals surface area contributed by atoms with Gasteiger partial charge < -0.3 is 14.6 Å². The average molecular weight is 306 g/mol. The summed E-state index contributed by atoms with van der Waals surface area (Å²) in [7, 11) is 1.65. The van der Waals surface area contributed by atoms with Crippen LogP contribution in [0.4, 0.5) is 5.82 Å². The highest BCUT2D eigenvalue weighted by Crippen LogP contribution is 2.24. The van der Waals surface area contributed by atoms with E-state index >= 15 is 0 Å². The number of nitrogens with one attached hydrogen (secondary N) is 1. The van der Waals surface area contributed by atoms with E-state index in [1.54, 1.807) is 20.1 Å². The first kappa shape index (κ1) is 15.4. The van der Waals surface area contributed by atoms with E-state index in [-0.39, 0.29) is 5.91 Å². The third-order valence-electron chi connectivity index (χ3n) is 2.82. The summed E-state index contributed by atoms with van der Waals surface area (Å²) in [4.78, 5) is 11.8. The summed E-state index contributed by atoms with van der Waals surface area (Å²) in [5.74, 6) is 2.94. The van der Waals surface area contributed by atoms with E-state index in [1.165, 1.54) is 17.3 Å². The maximum Gasteiger partial charge on any atom is 0.235 e. The predicted octanol–water partition coefficient (Wildman–Crippen LogP) is 3.17. The largest absolute Gasteiger partial charge is 0.496 e. The van der Waals surface area contributed by atoms with Crippen LogP contribution < -0.4 is 10.1 Å². The zero-order valence-electron chi connectivity index (χ0n) is 12.3. The summed E-state index contributed by atoms with van der Waals surface area (Å²) in [5.41, 5.74) is 2.27. The first-order valence-corrected chi connectivity index (χ1v) is 7.68. The maximum absolute atomic E-state index is 11.8. The summed E-state index contributed by atoms with van der Waals surface area (Å²) in [6.07, 6.45) is 0. The Balaban J connectivity index is 1.84. The molecule has 1 N–H and O–H groups in total. The Kier molecular flexibility index (Phi) is 5.27. The van der Waals surface area contributed by atoms with Gasteiger partial charge in [-0.25, -0.2) is 0 Å². The Morgan fingerprint density at radius 2 is 2.19 bits per heavy atom. The molecule has 0 fully saturated rings. The van der Waals surface area contributed by atoms with E-state index in [0.29, 0.717) is 17.3 Å². The Morgan fingerprint density at radius 3 is 2.86 bits per heavy atom. The van der Waals surface area contributed by atoms with E-state index in [4.69, 9.17) is 9.26 Å². The van der Waals surface area contributed by atoms with Crippen LogP contribution in [-0.2, 0) is 10.5 Å². The molecule has 2 aromatic rings. The van der Waals surface area contributed by atoms with Crippen LogP contribution >= 0.6 is 11.8 Å². The number of aryl methyl sites for hydroxylation is 2. The summed E-state index contributed by atoms with van der Waals surface area (Å²) in [5, 5.41) is 6.42. The second kappa shape index (κ2) is 7.17. The lowest BCUT2D eigenvalue weighted by molar-refractivity contribution is -0.113. The Bertz CT molecular complexity index is 625. The molecule has 0 spiro atoms. The Labute approximate surface area is 128 Å². The zero-order chi connectivity index (χ0) is 15.2. The molecule has 1 aromatic heterocycles. The Morgan fingerprint density at radius 1 is 1.38 bits per heavy atom. The summed E-state index contributed by atoms with van der Waals surface area (Å²) in [6.45, 7) is 3.81. The van der Waals surface area contributed by atoms with Crippen LogP contribution in [0.3, 0.4) is 0 Å². The van der Waals surface area contributed by atoms with Gasteiger partial charge in [0.05, 0.1) is 12.9 Å². The number of ether oxygens (including phenoxy) is 1. The van der Waals surface area contributed by atoms with Crippen molar-refractivity contribution in [3.05, 3.63) is 41.2 Å². The number of amides is 1. The van der Waals surface area contributed by atoms with Crippen molar-refractivity contribution in [2.75, 3.05) is 18.2 Å². The molecule has 21 heavy (non-hydrogen) atoms. The Hall–Kier alpha value is -1.95. The lowest BCUT2D eigenvalue weighted by Crippen LogP contribution is -2.14. The summed E-state index contributed by atoms with van der Waals surface area (Å²) < 4.78 is 10.2. The van der Waals surface area contributed by atoms with E-state index < -0.39 is 0 Å². The minimum absolute atomic E-state index is 0.0973. The van der Waals surface area contributed by atoms with Crippen molar-refractivity contribution in [1.29, 1.82) is 0 Å². The topological polar surface area (TPSA) is 64.4 Å². The second-order valence-corrected chi connectivity index (χ2v) is 5.66. The van der Waals surface area contributed by atoms with E-state index in [0.717, 1.165) is 17.1 Å². The lowest BCUT2D eigenvalue weighted by atomic mass is 10.1. The van der Waals surface area contributed by atoms with Crippen molar-refractivity contribution >= 4 is 23.5 Å². The van der Waals surface area contributed by atoms with Gasteiger partial charge in [0.25, 0.3) is 0 Å². The molecule has 0 aliphatic heterocycles. The quantitative estimate of drug-likeness (QED) is 0.888. The van der Waals surface area contributed by atoms with Crippen LogP contribution in [0.2, 0.25) is 0 Å². The number of aromatic nitrogens is 1. The normalized spacial score (nSPS) is 10.4.